The molecule has 3 fully saturated rings. The van der Waals surface area contributed by atoms with Crippen LogP contribution in [0.1, 0.15) is 75.2 Å². The van der Waals surface area contributed by atoms with Crippen molar-refractivity contribution < 1.29 is 9.05 Å². The Morgan fingerprint density at radius 3 is 1.62 bits per heavy atom. The highest BCUT2D eigenvalue weighted by atomic mass is 31.1. The summed E-state index contributed by atoms with van der Waals surface area (Å²) in [7, 11) is -1.61. The van der Waals surface area contributed by atoms with Crippen LogP contribution in [-0.4, -0.2) is 22.0 Å². The minimum absolute atomic E-state index is 0.0448. The second-order valence-corrected chi connectivity index (χ2v) is 18.3. The van der Waals surface area contributed by atoms with E-state index in [-0.39, 0.29) is 22.0 Å². The monoisotopic (exact) mass is 498 g/mol. The third-order valence-electron chi connectivity index (χ3n) is 8.02. The quantitative estimate of drug-likeness (QED) is 0.373. The van der Waals surface area contributed by atoms with Crippen LogP contribution in [-0.2, 0) is 9.05 Å². The van der Waals surface area contributed by atoms with Gasteiger partial charge in [-0.1, -0.05) is 116 Å². The lowest BCUT2D eigenvalue weighted by molar-refractivity contribution is -0.223. The van der Waals surface area contributed by atoms with E-state index in [1.54, 1.807) is 0 Å². The van der Waals surface area contributed by atoms with Gasteiger partial charge in [0.2, 0.25) is 0 Å². The summed E-state index contributed by atoms with van der Waals surface area (Å²) in [5.74, 6) is 1.22. The van der Waals surface area contributed by atoms with Gasteiger partial charge in [-0.3, -0.25) is 0 Å². The number of hydrogen-bond acceptors (Lipinski definition) is 2. The third kappa shape index (κ3) is 4.91. The smallest absolute Gasteiger partial charge is 0.0998 e. The number of benzene rings is 2. The fourth-order valence-electron chi connectivity index (χ4n) is 6.01. The molecule has 3 saturated carbocycles. The maximum atomic E-state index is 7.43. The summed E-state index contributed by atoms with van der Waals surface area (Å²) in [5, 5.41) is 2.75. The molecule has 4 heteroatoms. The molecule has 0 radical (unpaired) electrons. The molecule has 0 amide bonds. The number of rotatable bonds is 6. The predicted molar refractivity (Wildman–Crippen MR) is 150 cm³/mol. The molecule has 2 aromatic carbocycles. The first-order chi connectivity index (χ1) is 15.7. The molecule has 0 spiro atoms. The molecule has 0 saturated heterocycles. The summed E-state index contributed by atoms with van der Waals surface area (Å²) in [5.41, 5.74) is -0.0187. The molecule has 0 aliphatic heterocycles. The third-order valence-corrected chi connectivity index (χ3v) is 13.0. The molecule has 5 rings (SSSR count). The van der Waals surface area contributed by atoms with Gasteiger partial charge in [0.15, 0.2) is 0 Å². The van der Waals surface area contributed by atoms with Crippen molar-refractivity contribution in [3.05, 3.63) is 60.7 Å². The van der Waals surface area contributed by atoms with Gasteiger partial charge in [0.1, 0.15) is 0 Å². The summed E-state index contributed by atoms with van der Waals surface area (Å²) >= 11 is 0. The summed E-state index contributed by atoms with van der Waals surface area (Å²) < 4.78 is 14.7. The molecule has 0 aromatic heterocycles. The van der Waals surface area contributed by atoms with Crippen LogP contribution in [0.3, 0.4) is 0 Å². The minimum atomic E-state index is -0.818. The van der Waals surface area contributed by atoms with Crippen molar-refractivity contribution in [2.45, 2.75) is 97.2 Å². The first kappa shape index (κ1) is 26.3. The van der Waals surface area contributed by atoms with Gasteiger partial charge < -0.3 is 9.05 Å². The van der Waals surface area contributed by atoms with Gasteiger partial charge in [0, 0.05) is 20.9 Å². The maximum Gasteiger partial charge on any atom is 0.0998 e. The first-order valence-corrected chi connectivity index (χ1v) is 15.3. The molecule has 3 aliphatic carbocycles. The van der Waals surface area contributed by atoms with Gasteiger partial charge in [-0.2, -0.15) is 0 Å². The lowest BCUT2D eigenvalue weighted by Gasteiger charge is -2.67. The lowest BCUT2D eigenvalue weighted by Crippen LogP contribution is -2.67. The van der Waals surface area contributed by atoms with E-state index in [9.17, 15) is 0 Å². The molecular formula is C30H44O2P2. The van der Waals surface area contributed by atoms with Crippen LogP contribution in [0, 0.1) is 17.3 Å². The Morgan fingerprint density at radius 1 is 0.706 bits per heavy atom. The fourth-order valence-corrected chi connectivity index (χ4v) is 10.4. The van der Waals surface area contributed by atoms with Crippen LogP contribution in [0.4, 0.5) is 0 Å². The Bertz CT molecular complexity index is 961. The molecule has 186 valence electrons. The van der Waals surface area contributed by atoms with E-state index in [4.69, 9.17) is 9.05 Å². The zero-order valence-corrected chi connectivity index (χ0v) is 24.4. The standard InChI is InChI=1S/C30H44O2P2/c1-27(2,3)33(23-16-12-10-13-17-23)31-26-21-22-20-25(29(22,7)8)30(26,9)32-34(28(4,5)6)24-18-14-11-15-19-24/h10-19,22,25-26H,20-21H2,1-9H3/t22-,25-,26+,30-,33?,34?/m1/s1. The highest BCUT2D eigenvalue weighted by Crippen LogP contribution is 2.69. The van der Waals surface area contributed by atoms with E-state index in [0.29, 0.717) is 17.3 Å². The number of hydrogen-bond donors (Lipinski definition) is 0. The van der Waals surface area contributed by atoms with Crippen LogP contribution in [0.25, 0.3) is 0 Å². The van der Waals surface area contributed by atoms with E-state index in [1.807, 2.05) is 0 Å². The van der Waals surface area contributed by atoms with Crippen LogP contribution in [0.2, 0.25) is 0 Å². The molecule has 0 heterocycles. The van der Waals surface area contributed by atoms with Gasteiger partial charge in [-0.25, -0.2) is 0 Å². The fraction of sp³-hybridized carbons (Fsp3) is 0.600. The summed E-state index contributed by atoms with van der Waals surface area (Å²) in [6.07, 6.45) is 2.44. The van der Waals surface area contributed by atoms with Crippen molar-refractivity contribution >= 4 is 26.9 Å². The Hall–Kier alpha value is -0.780. The SMILES string of the molecule is CC1(C)[C@H]2C[C@H](OP(c3ccccc3)C(C)(C)C)[C@](C)(OP(c3ccccc3)C(C)(C)C)[C@@H]1C2. The molecule has 3 aliphatic rings. The molecule has 34 heavy (non-hydrogen) atoms. The zero-order chi connectivity index (χ0) is 24.9. The topological polar surface area (TPSA) is 18.5 Å². The maximum absolute atomic E-state index is 7.43. The molecular weight excluding hydrogens is 454 g/mol. The Labute approximate surface area is 210 Å². The van der Waals surface area contributed by atoms with E-state index in [1.165, 1.54) is 17.0 Å². The second-order valence-electron chi connectivity index (χ2n) is 13.0. The van der Waals surface area contributed by atoms with E-state index in [0.717, 1.165) is 6.42 Å². The van der Waals surface area contributed by atoms with E-state index in [2.05, 4.69) is 123 Å². The average molecular weight is 499 g/mol. The zero-order valence-electron chi connectivity index (χ0n) is 22.6. The summed E-state index contributed by atoms with van der Waals surface area (Å²) in [6, 6.07) is 21.8. The molecule has 2 unspecified atom stereocenters. The van der Waals surface area contributed by atoms with Crippen LogP contribution >= 0.6 is 16.3 Å². The summed E-state index contributed by atoms with van der Waals surface area (Å²) in [4.78, 5) is 0. The number of fused-ring (bicyclic) bond motifs is 2. The Kier molecular flexibility index (Phi) is 7.16. The molecule has 6 atom stereocenters. The second kappa shape index (κ2) is 9.27. The van der Waals surface area contributed by atoms with Crippen molar-refractivity contribution in [3.8, 4) is 0 Å². The minimum Gasteiger partial charge on any atom is -0.348 e. The van der Waals surface area contributed by atoms with Crippen molar-refractivity contribution in [1.82, 2.24) is 0 Å². The van der Waals surface area contributed by atoms with Crippen LogP contribution < -0.4 is 10.6 Å². The first-order valence-electron chi connectivity index (χ1n) is 12.8. The van der Waals surface area contributed by atoms with Crippen molar-refractivity contribution in [3.63, 3.8) is 0 Å². The Morgan fingerprint density at radius 2 is 1.18 bits per heavy atom. The highest BCUT2D eigenvalue weighted by Gasteiger charge is 2.66. The van der Waals surface area contributed by atoms with Gasteiger partial charge in [-0.15, -0.1) is 0 Å². The molecule has 2 nitrogen and oxygen atoms in total. The highest BCUT2D eigenvalue weighted by molar-refractivity contribution is 7.62. The van der Waals surface area contributed by atoms with Gasteiger partial charge in [0.25, 0.3) is 0 Å². The lowest BCUT2D eigenvalue weighted by atomic mass is 9.43. The summed E-state index contributed by atoms with van der Waals surface area (Å²) in [6.45, 7) is 21.2. The molecule has 2 bridgehead atoms. The normalized spacial score (nSPS) is 30.3. The predicted octanol–water partition coefficient (Wildman–Crippen LogP) is 8.25. The van der Waals surface area contributed by atoms with Gasteiger partial charge >= 0.3 is 0 Å². The van der Waals surface area contributed by atoms with E-state index >= 15 is 0 Å². The van der Waals surface area contributed by atoms with Crippen molar-refractivity contribution in [1.29, 1.82) is 0 Å². The van der Waals surface area contributed by atoms with Crippen molar-refractivity contribution in [2.24, 2.45) is 17.3 Å². The van der Waals surface area contributed by atoms with Crippen molar-refractivity contribution in [2.75, 3.05) is 0 Å². The van der Waals surface area contributed by atoms with Crippen LogP contribution in [0.15, 0.2) is 60.7 Å². The van der Waals surface area contributed by atoms with Gasteiger partial charge in [0.05, 0.1) is 28.0 Å². The molecule has 2 aromatic rings. The average Bonchev–Trinajstić information content (AvgIpc) is 2.76. The molecule has 0 N–H and O–H groups in total. The van der Waals surface area contributed by atoms with Crippen LogP contribution in [0.5, 0.6) is 0 Å². The van der Waals surface area contributed by atoms with Gasteiger partial charge in [-0.05, 0) is 37.0 Å². The largest absolute Gasteiger partial charge is 0.348 e. The Balaban J connectivity index is 1.72. The van der Waals surface area contributed by atoms with E-state index < -0.39 is 16.3 Å².